The lowest BCUT2D eigenvalue weighted by atomic mass is 9.82. The third-order valence-electron chi connectivity index (χ3n) is 13.8. The number of fused-ring (bicyclic) bond motifs is 11. The fourth-order valence-electron chi connectivity index (χ4n) is 10.8. The molecule has 0 N–H and O–H groups in total. The standard InChI is InChI=1S/C61H42N2O/c1-61(2)52-26-9-5-23-51(52)58-53(61)27-15-31-57(58)62(56-30-12-8-22-47(56)48-24-14-25-49-50-37-34-40-16-3-4-19-44(40)59(50)64-60(48)49)42-35-32-39(33-36-42)41-17-13-18-43(38-41)63-54-28-10-6-20-45(54)46-21-7-11-29-55(46)63/h3-38H,1-2H3. The lowest BCUT2D eigenvalue weighted by Gasteiger charge is -2.30. The van der Waals surface area contributed by atoms with Crippen LogP contribution in [0.3, 0.4) is 0 Å². The molecule has 2 aromatic heterocycles. The fraction of sp³-hybridized carbons (Fsp3) is 0.0492. The molecule has 302 valence electrons. The third kappa shape index (κ3) is 5.34. The zero-order valence-corrected chi connectivity index (χ0v) is 35.6. The molecule has 12 aromatic rings. The minimum atomic E-state index is -0.152. The van der Waals surface area contributed by atoms with Crippen LogP contribution < -0.4 is 4.90 Å². The molecule has 0 saturated carbocycles. The summed E-state index contributed by atoms with van der Waals surface area (Å²) in [4.78, 5) is 2.47. The van der Waals surface area contributed by atoms with Crippen molar-refractivity contribution in [3.63, 3.8) is 0 Å². The zero-order chi connectivity index (χ0) is 42.5. The molecule has 0 bridgehead atoms. The van der Waals surface area contributed by atoms with E-state index in [1.807, 2.05) is 0 Å². The molecular formula is C61H42N2O. The summed E-state index contributed by atoms with van der Waals surface area (Å²) < 4.78 is 9.36. The summed E-state index contributed by atoms with van der Waals surface area (Å²) >= 11 is 0. The van der Waals surface area contributed by atoms with E-state index < -0.39 is 0 Å². The van der Waals surface area contributed by atoms with Gasteiger partial charge < -0.3 is 13.9 Å². The Hall–Kier alpha value is -8.14. The molecule has 3 nitrogen and oxygen atoms in total. The molecule has 2 heterocycles. The van der Waals surface area contributed by atoms with E-state index in [0.717, 1.165) is 66.8 Å². The zero-order valence-electron chi connectivity index (χ0n) is 35.6. The van der Waals surface area contributed by atoms with Crippen molar-refractivity contribution in [2.24, 2.45) is 0 Å². The van der Waals surface area contributed by atoms with Gasteiger partial charge in [-0.25, -0.2) is 0 Å². The van der Waals surface area contributed by atoms with Crippen LogP contribution in [0.2, 0.25) is 0 Å². The number of aromatic nitrogens is 1. The lowest BCUT2D eigenvalue weighted by Crippen LogP contribution is -2.16. The highest BCUT2D eigenvalue weighted by molar-refractivity contribution is 6.18. The SMILES string of the molecule is CC1(C)c2ccccc2-c2c(N(c3ccc(-c4cccc(-n5c6ccccc6c6ccccc65)c4)cc3)c3ccccc3-c3cccc4c3oc3c5ccccc5ccc43)cccc21. The van der Waals surface area contributed by atoms with E-state index in [1.54, 1.807) is 0 Å². The molecule has 64 heavy (non-hydrogen) atoms. The van der Waals surface area contributed by atoms with E-state index in [9.17, 15) is 0 Å². The topological polar surface area (TPSA) is 21.3 Å². The van der Waals surface area contributed by atoms with Crippen molar-refractivity contribution in [3.05, 3.63) is 230 Å². The van der Waals surface area contributed by atoms with Crippen molar-refractivity contribution in [3.8, 4) is 39.1 Å². The van der Waals surface area contributed by atoms with Crippen molar-refractivity contribution < 1.29 is 4.42 Å². The average molecular weight is 819 g/mol. The summed E-state index contributed by atoms with van der Waals surface area (Å²) in [6.07, 6.45) is 0. The molecular weight excluding hydrogens is 777 g/mol. The predicted molar refractivity (Wildman–Crippen MR) is 269 cm³/mol. The first-order valence-corrected chi connectivity index (χ1v) is 22.2. The summed E-state index contributed by atoms with van der Waals surface area (Å²) in [5.41, 5.74) is 18.2. The Labute approximate surface area is 371 Å². The fourth-order valence-corrected chi connectivity index (χ4v) is 10.8. The van der Waals surface area contributed by atoms with Gasteiger partial charge in [-0.05, 0) is 87.8 Å². The Balaban J connectivity index is 0.999. The molecule has 0 aliphatic heterocycles. The Morgan fingerprint density at radius 3 is 1.81 bits per heavy atom. The van der Waals surface area contributed by atoms with Gasteiger partial charge in [-0.2, -0.15) is 0 Å². The quantitative estimate of drug-likeness (QED) is 0.167. The van der Waals surface area contributed by atoms with E-state index in [4.69, 9.17) is 4.42 Å². The summed E-state index contributed by atoms with van der Waals surface area (Å²) in [6, 6.07) is 79.6. The molecule has 0 saturated heterocycles. The predicted octanol–water partition coefficient (Wildman–Crippen LogP) is 16.9. The molecule has 0 atom stereocenters. The lowest BCUT2D eigenvalue weighted by molar-refractivity contribution is 0.660. The molecule has 1 aliphatic carbocycles. The van der Waals surface area contributed by atoms with Crippen LogP contribution in [0.25, 0.3) is 93.6 Å². The van der Waals surface area contributed by atoms with Crippen molar-refractivity contribution in [1.29, 1.82) is 0 Å². The molecule has 0 amide bonds. The van der Waals surface area contributed by atoms with E-state index >= 15 is 0 Å². The van der Waals surface area contributed by atoms with Gasteiger partial charge in [0.15, 0.2) is 0 Å². The molecule has 0 fully saturated rings. The van der Waals surface area contributed by atoms with Gasteiger partial charge in [0.1, 0.15) is 11.2 Å². The number of rotatable bonds is 6. The van der Waals surface area contributed by atoms with E-state index in [0.29, 0.717) is 0 Å². The number of benzene rings is 10. The minimum Gasteiger partial charge on any atom is -0.455 e. The van der Waals surface area contributed by atoms with Crippen LogP contribution in [-0.2, 0) is 5.41 Å². The average Bonchev–Trinajstić information content (AvgIpc) is 3.98. The van der Waals surface area contributed by atoms with Gasteiger partial charge in [-0.15, -0.1) is 0 Å². The second kappa shape index (κ2) is 13.9. The number of hydrogen-bond acceptors (Lipinski definition) is 2. The highest BCUT2D eigenvalue weighted by Crippen LogP contribution is 2.55. The van der Waals surface area contributed by atoms with Gasteiger partial charge in [0.05, 0.1) is 22.4 Å². The van der Waals surface area contributed by atoms with Gasteiger partial charge in [0, 0.05) is 60.4 Å². The smallest absolute Gasteiger partial charge is 0.143 e. The van der Waals surface area contributed by atoms with Gasteiger partial charge in [0.2, 0.25) is 0 Å². The summed E-state index contributed by atoms with van der Waals surface area (Å²) in [5.74, 6) is 0. The molecule has 0 spiro atoms. The van der Waals surface area contributed by atoms with E-state index in [-0.39, 0.29) is 5.41 Å². The minimum absolute atomic E-state index is 0.152. The summed E-state index contributed by atoms with van der Waals surface area (Å²) in [7, 11) is 0. The first-order valence-electron chi connectivity index (χ1n) is 22.2. The van der Waals surface area contributed by atoms with Crippen LogP contribution in [0.5, 0.6) is 0 Å². The number of hydrogen-bond donors (Lipinski definition) is 0. The monoisotopic (exact) mass is 818 g/mol. The van der Waals surface area contributed by atoms with Crippen LogP contribution in [0, 0.1) is 0 Å². The van der Waals surface area contributed by atoms with Crippen LogP contribution in [0.4, 0.5) is 17.1 Å². The van der Waals surface area contributed by atoms with Gasteiger partial charge >= 0.3 is 0 Å². The van der Waals surface area contributed by atoms with Crippen molar-refractivity contribution in [1.82, 2.24) is 4.57 Å². The molecule has 10 aromatic carbocycles. The first kappa shape index (κ1) is 36.5. The maximum absolute atomic E-state index is 6.97. The molecule has 13 rings (SSSR count). The van der Waals surface area contributed by atoms with Gasteiger partial charge in [-0.1, -0.05) is 178 Å². The Morgan fingerprint density at radius 1 is 0.406 bits per heavy atom. The maximum atomic E-state index is 6.97. The second-order valence-electron chi connectivity index (χ2n) is 17.6. The second-order valence-corrected chi connectivity index (χ2v) is 17.6. The molecule has 1 aliphatic rings. The number of nitrogens with zero attached hydrogens (tertiary/aromatic N) is 2. The molecule has 0 unspecified atom stereocenters. The van der Waals surface area contributed by atoms with Crippen LogP contribution >= 0.6 is 0 Å². The maximum Gasteiger partial charge on any atom is 0.143 e. The number of furan rings is 1. The molecule has 0 radical (unpaired) electrons. The van der Waals surface area contributed by atoms with Gasteiger partial charge in [-0.3, -0.25) is 0 Å². The van der Waals surface area contributed by atoms with Crippen LogP contribution in [-0.4, -0.2) is 4.57 Å². The van der Waals surface area contributed by atoms with Crippen molar-refractivity contribution in [2.45, 2.75) is 19.3 Å². The third-order valence-corrected chi connectivity index (χ3v) is 13.8. The van der Waals surface area contributed by atoms with E-state index in [1.165, 1.54) is 55.0 Å². The first-order chi connectivity index (χ1) is 31.5. The number of anilines is 3. The van der Waals surface area contributed by atoms with Crippen LogP contribution in [0.1, 0.15) is 25.0 Å². The number of para-hydroxylation sites is 4. The van der Waals surface area contributed by atoms with Crippen LogP contribution in [0.15, 0.2) is 223 Å². The van der Waals surface area contributed by atoms with Crippen molar-refractivity contribution >= 4 is 71.6 Å². The molecule has 3 heteroatoms. The van der Waals surface area contributed by atoms with Crippen molar-refractivity contribution in [2.75, 3.05) is 4.90 Å². The Bertz CT molecular complexity index is 3770. The summed E-state index contributed by atoms with van der Waals surface area (Å²) in [6.45, 7) is 4.71. The summed E-state index contributed by atoms with van der Waals surface area (Å²) in [5, 5.41) is 7.06. The van der Waals surface area contributed by atoms with Gasteiger partial charge in [0.25, 0.3) is 0 Å². The Morgan fingerprint density at radius 2 is 1.00 bits per heavy atom. The normalized spacial score (nSPS) is 13.0. The van der Waals surface area contributed by atoms with E-state index in [2.05, 4.69) is 242 Å². The highest BCUT2D eigenvalue weighted by Gasteiger charge is 2.38. The largest absolute Gasteiger partial charge is 0.455 e. The Kier molecular flexibility index (Phi) is 7.95. The highest BCUT2D eigenvalue weighted by atomic mass is 16.3.